The summed E-state index contributed by atoms with van der Waals surface area (Å²) < 4.78 is 52.3. The van der Waals surface area contributed by atoms with E-state index >= 15 is 0 Å². The van der Waals surface area contributed by atoms with Gasteiger partial charge in [-0.1, -0.05) is 6.92 Å². The summed E-state index contributed by atoms with van der Waals surface area (Å²) in [7, 11) is 0. The van der Waals surface area contributed by atoms with Gasteiger partial charge in [0, 0.05) is 17.8 Å². The molecule has 0 fully saturated rings. The van der Waals surface area contributed by atoms with Crippen LogP contribution in [0.1, 0.15) is 31.5 Å². The lowest BCUT2D eigenvalue weighted by atomic mass is 10.2. The number of anilines is 3. The minimum atomic E-state index is -4.59. The van der Waals surface area contributed by atoms with Gasteiger partial charge < -0.3 is 10.6 Å². The first kappa shape index (κ1) is 18.0. The lowest BCUT2D eigenvalue weighted by Crippen LogP contribution is -2.18. The third-order valence-electron chi connectivity index (χ3n) is 3.46. The summed E-state index contributed by atoms with van der Waals surface area (Å²) in [6.07, 6.45) is -3.89. The molecule has 2 rings (SSSR count). The van der Waals surface area contributed by atoms with E-state index in [1.54, 1.807) is 6.92 Å². The topological polar surface area (TPSA) is 49.8 Å². The second-order valence-corrected chi connectivity index (χ2v) is 5.50. The summed E-state index contributed by atoms with van der Waals surface area (Å²) in [5, 5.41) is 5.62. The van der Waals surface area contributed by atoms with Gasteiger partial charge in [-0.05, 0) is 44.0 Å². The van der Waals surface area contributed by atoms with Crippen molar-refractivity contribution in [2.75, 3.05) is 10.6 Å². The molecule has 0 radical (unpaired) electrons. The fraction of sp³-hybridized carbons (Fsp3) is 0.375. The van der Waals surface area contributed by atoms with E-state index in [2.05, 4.69) is 20.6 Å². The van der Waals surface area contributed by atoms with Crippen molar-refractivity contribution >= 4 is 17.5 Å². The van der Waals surface area contributed by atoms with Crippen molar-refractivity contribution in [3.8, 4) is 0 Å². The molecule has 24 heavy (non-hydrogen) atoms. The number of hydrogen-bond acceptors (Lipinski definition) is 4. The zero-order chi connectivity index (χ0) is 17.9. The maximum Gasteiger partial charge on any atom is 0.433 e. The van der Waals surface area contributed by atoms with Crippen molar-refractivity contribution in [1.29, 1.82) is 0 Å². The molecule has 0 aliphatic carbocycles. The van der Waals surface area contributed by atoms with Crippen molar-refractivity contribution in [3.05, 3.63) is 41.3 Å². The quantitative estimate of drug-likeness (QED) is 0.759. The maximum atomic E-state index is 13.1. The number of alkyl halides is 3. The van der Waals surface area contributed by atoms with Gasteiger partial charge in [0.05, 0.1) is 0 Å². The van der Waals surface area contributed by atoms with E-state index < -0.39 is 17.7 Å². The number of benzene rings is 1. The number of halogens is 4. The van der Waals surface area contributed by atoms with Crippen LogP contribution in [0.5, 0.6) is 0 Å². The van der Waals surface area contributed by atoms with Crippen LogP contribution < -0.4 is 10.6 Å². The van der Waals surface area contributed by atoms with Gasteiger partial charge in [-0.25, -0.2) is 9.37 Å². The van der Waals surface area contributed by atoms with Crippen LogP contribution in [0.4, 0.5) is 35.0 Å². The molecule has 0 unspecified atom stereocenters. The minimum absolute atomic E-state index is 0.0159. The molecular weight excluding hydrogens is 324 g/mol. The molecule has 0 aliphatic heterocycles. The van der Waals surface area contributed by atoms with E-state index in [0.717, 1.165) is 6.07 Å². The molecule has 130 valence electrons. The smallest absolute Gasteiger partial charge is 0.352 e. The molecule has 2 N–H and O–H groups in total. The molecule has 0 amide bonds. The Morgan fingerprint density at radius 1 is 1.17 bits per heavy atom. The number of rotatable bonds is 5. The third-order valence-corrected chi connectivity index (χ3v) is 3.46. The van der Waals surface area contributed by atoms with Crippen LogP contribution in [0.15, 0.2) is 24.3 Å². The van der Waals surface area contributed by atoms with E-state index in [-0.39, 0.29) is 17.8 Å². The van der Waals surface area contributed by atoms with Crippen LogP contribution in [-0.4, -0.2) is 16.0 Å². The van der Waals surface area contributed by atoms with E-state index in [1.807, 2.05) is 13.8 Å². The van der Waals surface area contributed by atoms with Crippen LogP contribution in [0.25, 0.3) is 0 Å². The predicted molar refractivity (Wildman–Crippen MR) is 84.8 cm³/mol. The molecule has 0 aliphatic rings. The van der Waals surface area contributed by atoms with Gasteiger partial charge in [0.1, 0.15) is 11.6 Å². The summed E-state index contributed by atoms with van der Waals surface area (Å²) in [6, 6.07) is 4.70. The molecule has 1 atom stereocenters. The van der Waals surface area contributed by atoms with Gasteiger partial charge in [0.25, 0.3) is 0 Å². The maximum absolute atomic E-state index is 13.1. The molecule has 1 aromatic heterocycles. The summed E-state index contributed by atoms with van der Waals surface area (Å²) in [4.78, 5) is 7.59. The average molecular weight is 342 g/mol. The van der Waals surface area contributed by atoms with Gasteiger partial charge in [0.2, 0.25) is 5.95 Å². The van der Waals surface area contributed by atoms with Crippen LogP contribution in [0, 0.1) is 12.7 Å². The van der Waals surface area contributed by atoms with Gasteiger partial charge in [-0.2, -0.15) is 18.2 Å². The molecule has 4 nitrogen and oxygen atoms in total. The second-order valence-electron chi connectivity index (χ2n) is 5.50. The van der Waals surface area contributed by atoms with Crippen molar-refractivity contribution in [1.82, 2.24) is 9.97 Å². The zero-order valence-electron chi connectivity index (χ0n) is 13.5. The Labute approximate surface area is 137 Å². The van der Waals surface area contributed by atoms with Gasteiger partial charge in [-0.15, -0.1) is 0 Å². The third kappa shape index (κ3) is 4.56. The number of nitrogens with one attached hydrogen (secondary N) is 2. The summed E-state index contributed by atoms with van der Waals surface area (Å²) >= 11 is 0. The van der Waals surface area contributed by atoms with E-state index in [0.29, 0.717) is 17.7 Å². The number of aryl methyl sites for hydroxylation is 1. The standard InChI is InChI=1S/C16H18F4N4/c1-4-10(3)21-15-23-13(16(18,19)20)8-14(24-15)22-12-6-5-11(17)7-9(12)2/h5-8,10H,4H2,1-3H3,(H2,21,22,23,24)/t10-/m1/s1. The van der Waals surface area contributed by atoms with E-state index in [1.165, 1.54) is 18.2 Å². The Bertz CT molecular complexity index is 716. The Balaban J connectivity index is 2.38. The van der Waals surface area contributed by atoms with Gasteiger partial charge >= 0.3 is 6.18 Å². The second kappa shape index (κ2) is 7.02. The summed E-state index contributed by atoms with van der Waals surface area (Å²) in [6.45, 7) is 5.36. The summed E-state index contributed by atoms with van der Waals surface area (Å²) in [5.74, 6) is -0.546. The molecular formula is C16H18F4N4. The van der Waals surface area contributed by atoms with E-state index in [4.69, 9.17) is 0 Å². The highest BCUT2D eigenvalue weighted by atomic mass is 19.4. The molecule has 1 heterocycles. The number of nitrogens with zero attached hydrogens (tertiary/aromatic N) is 2. The zero-order valence-corrected chi connectivity index (χ0v) is 13.5. The molecule has 0 saturated heterocycles. The Morgan fingerprint density at radius 3 is 2.46 bits per heavy atom. The number of aromatic nitrogens is 2. The van der Waals surface area contributed by atoms with E-state index in [9.17, 15) is 17.6 Å². The highest BCUT2D eigenvalue weighted by molar-refractivity contribution is 5.61. The minimum Gasteiger partial charge on any atom is -0.352 e. The Hall–Kier alpha value is -2.38. The largest absolute Gasteiger partial charge is 0.433 e. The Kier molecular flexibility index (Phi) is 5.26. The fourth-order valence-corrected chi connectivity index (χ4v) is 1.95. The first-order chi connectivity index (χ1) is 11.2. The van der Waals surface area contributed by atoms with Crippen LogP contribution in [-0.2, 0) is 6.18 Å². The molecule has 1 aromatic carbocycles. The fourth-order valence-electron chi connectivity index (χ4n) is 1.95. The highest BCUT2D eigenvalue weighted by Gasteiger charge is 2.34. The van der Waals surface area contributed by atoms with Crippen molar-refractivity contribution in [3.63, 3.8) is 0 Å². The molecule has 0 saturated carbocycles. The predicted octanol–water partition coefficient (Wildman–Crippen LogP) is 4.90. The number of hydrogen-bond donors (Lipinski definition) is 2. The molecule has 0 bridgehead atoms. The lowest BCUT2D eigenvalue weighted by molar-refractivity contribution is -0.141. The van der Waals surface area contributed by atoms with Gasteiger partial charge in [-0.3, -0.25) is 0 Å². The first-order valence-electron chi connectivity index (χ1n) is 7.45. The SMILES string of the molecule is CC[C@@H](C)Nc1nc(Nc2ccc(F)cc2C)cc(C(F)(F)F)n1. The molecule has 8 heteroatoms. The normalized spacial score (nSPS) is 12.8. The average Bonchev–Trinajstić information content (AvgIpc) is 2.49. The van der Waals surface area contributed by atoms with Crippen LogP contribution >= 0.6 is 0 Å². The van der Waals surface area contributed by atoms with Crippen molar-refractivity contribution < 1.29 is 17.6 Å². The van der Waals surface area contributed by atoms with Gasteiger partial charge in [0.15, 0.2) is 5.69 Å². The monoisotopic (exact) mass is 342 g/mol. The lowest BCUT2D eigenvalue weighted by Gasteiger charge is -2.16. The molecule has 2 aromatic rings. The summed E-state index contributed by atoms with van der Waals surface area (Å²) in [5.41, 5.74) is -0.0260. The molecule has 0 spiro atoms. The van der Waals surface area contributed by atoms with Crippen LogP contribution in [0.3, 0.4) is 0 Å². The highest BCUT2D eigenvalue weighted by Crippen LogP contribution is 2.31. The van der Waals surface area contributed by atoms with Crippen molar-refractivity contribution in [2.45, 2.75) is 39.4 Å². The first-order valence-corrected chi connectivity index (χ1v) is 7.45. The Morgan fingerprint density at radius 2 is 1.88 bits per heavy atom. The van der Waals surface area contributed by atoms with Crippen molar-refractivity contribution in [2.24, 2.45) is 0 Å². The van der Waals surface area contributed by atoms with Crippen LogP contribution in [0.2, 0.25) is 0 Å².